The van der Waals surface area contributed by atoms with Crippen molar-refractivity contribution in [2.24, 2.45) is 0 Å². The zero-order chi connectivity index (χ0) is 28.1. The van der Waals surface area contributed by atoms with Crippen molar-refractivity contribution in [1.29, 1.82) is 0 Å². The summed E-state index contributed by atoms with van der Waals surface area (Å²) in [6.07, 6.45) is 11.6. The Bertz CT molecular complexity index is 1440. The van der Waals surface area contributed by atoms with Crippen LogP contribution < -0.4 is 5.32 Å². The van der Waals surface area contributed by atoms with Crippen molar-refractivity contribution in [1.82, 2.24) is 29.7 Å². The zero-order valence-electron chi connectivity index (χ0n) is 23.3. The molecule has 1 saturated heterocycles. The van der Waals surface area contributed by atoms with Crippen molar-refractivity contribution in [3.05, 3.63) is 77.8 Å². The number of hydrogen-bond donors (Lipinski definition) is 1. The number of rotatable bonds is 13. The van der Waals surface area contributed by atoms with Gasteiger partial charge < -0.3 is 23.9 Å². The molecule has 0 bridgehead atoms. The smallest absolute Gasteiger partial charge is 0.273 e. The van der Waals surface area contributed by atoms with Gasteiger partial charge >= 0.3 is 0 Å². The fraction of sp³-hybridized carbons (Fsp3) is 0.448. The third-order valence-electron chi connectivity index (χ3n) is 6.98. The number of carbonyl (C=O) groups is 1. The number of aromatic nitrogens is 4. The first-order chi connectivity index (χ1) is 19.3. The topological polar surface area (TPSA) is 98.3 Å². The number of fused-ring (bicyclic) bond motifs is 1. The highest BCUT2D eigenvalue weighted by atomic mass is 32.3. The van der Waals surface area contributed by atoms with Crippen molar-refractivity contribution >= 4 is 27.0 Å². The molecular formula is C29H37FN6O3S. The number of aryl methyl sites for hydroxylation is 1. The first-order valence-corrected chi connectivity index (χ1v) is 16.5. The van der Waals surface area contributed by atoms with Gasteiger partial charge in [-0.1, -0.05) is 12.1 Å². The van der Waals surface area contributed by atoms with Gasteiger partial charge in [0.2, 0.25) is 0 Å². The van der Waals surface area contributed by atoms with Gasteiger partial charge in [-0.2, -0.15) is 0 Å². The number of para-hydroxylation sites is 2. The number of halogens is 1. The fourth-order valence-electron chi connectivity index (χ4n) is 4.68. The SMILES string of the molecule is CS(C)(C)CCOCn1c(CCCN2CC(c3nc(C(=O)NCc4ncccc4F)co3)C2)nc2ccccc21. The maximum Gasteiger partial charge on any atom is 0.273 e. The van der Waals surface area contributed by atoms with Crippen molar-refractivity contribution in [3.63, 3.8) is 0 Å². The van der Waals surface area contributed by atoms with E-state index in [9.17, 15) is 9.18 Å². The van der Waals surface area contributed by atoms with Crippen LogP contribution in [0.5, 0.6) is 0 Å². The summed E-state index contributed by atoms with van der Waals surface area (Å²) in [5, 5.41) is 2.64. The van der Waals surface area contributed by atoms with Crippen LogP contribution in [0.25, 0.3) is 11.0 Å². The second-order valence-corrected chi connectivity index (χ2v) is 15.6. The Morgan fingerprint density at radius 2 is 2.00 bits per heavy atom. The van der Waals surface area contributed by atoms with E-state index in [-0.39, 0.29) is 23.9 Å². The van der Waals surface area contributed by atoms with E-state index >= 15 is 0 Å². The van der Waals surface area contributed by atoms with Gasteiger partial charge in [0.1, 0.15) is 24.6 Å². The molecule has 11 heteroatoms. The second kappa shape index (κ2) is 12.5. The quantitative estimate of drug-likeness (QED) is 0.242. The summed E-state index contributed by atoms with van der Waals surface area (Å²) in [5.41, 5.74) is 2.48. The molecule has 1 fully saturated rings. The summed E-state index contributed by atoms with van der Waals surface area (Å²) >= 11 is 0. The highest BCUT2D eigenvalue weighted by Gasteiger charge is 2.32. The first-order valence-electron chi connectivity index (χ1n) is 13.5. The highest BCUT2D eigenvalue weighted by Crippen LogP contribution is 2.33. The lowest BCUT2D eigenvalue weighted by Gasteiger charge is -2.37. The molecule has 4 aromatic rings. The van der Waals surface area contributed by atoms with Crippen LogP contribution in [0, 0.1) is 5.82 Å². The minimum atomic E-state index is -0.581. The predicted molar refractivity (Wildman–Crippen MR) is 155 cm³/mol. The Balaban J connectivity index is 1.08. The number of ether oxygens (including phenoxy) is 1. The van der Waals surface area contributed by atoms with Crippen LogP contribution >= 0.6 is 10.0 Å². The first kappa shape index (κ1) is 28.3. The Hall–Kier alpha value is -3.28. The van der Waals surface area contributed by atoms with Crippen LogP contribution in [-0.4, -0.2) is 81.1 Å². The molecule has 0 atom stereocenters. The third kappa shape index (κ3) is 7.07. The number of nitrogens with one attached hydrogen (secondary N) is 1. The van der Waals surface area contributed by atoms with Crippen LogP contribution in [-0.2, 0) is 24.4 Å². The molecule has 9 nitrogen and oxygen atoms in total. The number of benzene rings is 1. The highest BCUT2D eigenvalue weighted by molar-refractivity contribution is 8.32. The van der Waals surface area contributed by atoms with E-state index in [1.54, 1.807) is 0 Å². The third-order valence-corrected chi connectivity index (χ3v) is 8.37. The monoisotopic (exact) mass is 568 g/mol. The normalized spacial score (nSPS) is 14.9. The van der Waals surface area contributed by atoms with E-state index in [0.717, 1.165) is 61.7 Å². The maximum atomic E-state index is 13.7. The van der Waals surface area contributed by atoms with Gasteiger partial charge in [-0.05, 0) is 56.0 Å². The molecular weight excluding hydrogens is 531 g/mol. The summed E-state index contributed by atoms with van der Waals surface area (Å²) in [6.45, 7) is 3.87. The van der Waals surface area contributed by atoms with E-state index in [2.05, 4.69) is 55.7 Å². The zero-order valence-corrected chi connectivity index (χ0v) is 24.1. The molecule has 5 rings (SSSR count). The van der Waals surface area contributed by atoms with Crippen molar-refractivity contribution in [2.75, 3.05) is 50.8 Å². The molecule has 3 aromatic heterocycles. The summed E-state index contributed by atoms with van der Waals surface area (Å²) in [4.78, 5) is 28.0. The minimum Gasteiger partial charge on any atom is -0.448 e. The van der Waals surface area contributed by atoms with Crippen molar-refractivity contribution in [3.8, 4) is 0 Å². The minimum absolute atomic E-state index is 0.0112. The molecule has 1 aromatic carbocycles. The molecule has 1 amide bonds. The van der Waals surface area contributed by atoms with Crippen LogP contribution in [0.2, 0.25) is 0 Å². The predicted octanol–water partition coefficient (Wildman–Crippen LogP) is 4.19. The molecule has 1 N–H and O–H groups in total. The molecule has 0 radical (unpaired) electrons. The molecule has 4 heterocycles. The van der Waals surface area contributed by atoms with Gasteiger partial charge in [0, 0.05) is 31.5 Å². The van der Waals surface area contributed by atoms with Crippen molar-refractivity contribution in [2.45, 2.75) is 32.0 Å². The number of imidazole rings is 1. The molecule has 40 heavy (non-hydrogen) atoms. The lowest BCUT2D eigenvalue weighted by atomic mass is 10.00. The van der Waals surface area contributed by atoms with Crippen LogP contribution in [0.1, 0.15) is 40.2 Å². The summed E-state index contributed by atoms with van der Waals surface area (Å²) in [7, 11) is -0.581. The Morgan fingerprint density at radius 1 is 1.18 bits per heavy atom. The summed E-state index contributed by atoms with van der Waals surface area (Å²) in [6, 6.07) is 11.0. The molecule has 0 saturated carbocycles. The summed E-state index contributed by atoms with van der Waals surface area (Å²) < 4.78 is 27.6. The number of carbonyl (C=O) groups excluding carboxylic acids is 1. The Labute approximate surface area is 235 Å². The number of amides is 1. The Morgan fingerprint density at radius 3 is 2.80 bits per heavy atom. The molecule has 1 aliphatic rings. The Kier molecular flexibility index (Phi) is 8.82. The number of nitrogens with zero attached hydrogens (tertiary/aromatic N) is 5. The van der Waals surface area contributed by atoms with E-state index in [1.165, 1.54) is 24.6 Å². The number of oxazole rings is 1. The molecule has 0 aliphatic carbocycles. The number of likely N-dealkylation sites (tertiary alicyclic amines) is 1. The lowest BCUT2D eigenvalue weighted by Crippen LogP contribution is -2.45. The van der Waals surface area contributed by atoms with Crippen LogP contribution in [0.15, 0.2) is 53.3 Å². The molecule has 214 valence electrons. The summed E-state index contributed by atoms with van der Waals surface area (Å²) in [5.74, 6) is 1.98. The van der Waals surface area contributed by atoms with E-state index < -0.39 is 21.8 Å². The van der Waals surface area contributed by atoms with Crippen LogP contribution in [0.3, 0.4) is 0 Å². The molecule has 1 aliphatic heterocycles. The van der Waals surface area contributed by atoms with Gasteiger partial charge in [0.25, 0.3) is 5.91 Å². The average Bonchev–Trinajstić information content (AvgIpc) is 3.52. The second-order valence-electron chi connectivity index (χ2n) is 11.0. The molecule has 0 spiro atoms. The molecule has 0 unspecified atom stereocenters. The van der Waals surface area contributed by atoms with Gasteiger partial charge in [-0.25, -0.2) is 24.4 Å². The fourth-order valence-corrected chi connectivity index (χ4v) is 5.29. The van der Waals surface area contributed by atoms with Gasteiger partial charge in [-0.3, -0.25) is 9.78 Å². The van der Waals surface area contributed by atoms with E-state index in [0.29, 0.717) is 12.6 Å². The maximum absolute atomic E-state index is 13.7. The number of pyridine rings is 1. The average molecular weight is 569 g/mol. The van der Waals surface area contributed by atoms with Crippen molar-refractivity contribution < 1.29 is 18.3 Å². The van der Waals surface area contributed by atoms with Gasteiger partial charge in [-0.15, -0.1) is 0 Å². The lowest BCUT2D eigenvalue weighted by molar-refractivity contribution is 0.0897. The van der Waals surface area contributed by atoms with Gasteiger partial charge in [0.15, 0.2) is 11.6 Å². The van der Waals surface area contributed by atoms with Gasteiger partial charge in [0.05, 0.1) is 35.8 Å². The largest absolute Gasteiger partial charge is 0.448 e. The standard InChI is InChI=1S/C29H37FN6O3S/c1-40(2,3)15-14-38-20-36-26-10-5-4-9-23(26)33-27(36)11-7-13-35-17-21(18-35)29-34-25(19-39-29)28(37)32-16-24-22(30)8-6-12-31-24/h4-6,8-10,12,19,21H,7,11,13-18,20H2,1-3H3,(H,32,37). The number of hydrogen-bond acceptors (Lipinski definition) is 7. The van der Waals surface area contributed by atoms with E-state index in [4.69, 9.17) is 14.1 Å². The van der Waals surface area contributed by atoms with Crippen LogP contribution in [0.4, 0.5) is 4.39 Å². The van der Waals surface area contributed by atoms with E-state index in [1.807, 2.05) is 12.1 Å².